The smallest absolute Gasteiger partial charge is 0.0724 e. The third kappa shape index (κ3) is 5.24. The number of nitrogens with one attached hydrogen (secondary N) is 1. The molecule has 0 aliphatic rings. The summed E-state index contributed by atoms with van der Waals surface area (Å²) in [6.07, 6.45) is 3.52. The van der Waals surface area contributed by atoms with Crippen LogP contribution < -0.4 is 5.32 Å². The molecule has 2 atom stereocenters. The first-order valence-electron chi connectivity index (χ1n) is 6.71. The Kier molecular flexibility index (Phi) is 7.86. The molecule has 0 bridgehead atoms. The van der Waals surface area contributed by atoms with E-state index in [1.807, 2.05) is 7.11 Å². The highest BCUT2D eigenvalue weighted by Gasteiger charge is 2.19. The molecule has 0 radical (unpaired) electrons. The minimum Gasteiger partial charge on any atom is -0.380 e. The van der Waals surface area contributed by atoms with Gasteiger partial charge in [-0.2, -0.15) is 0 Å². The van der Waals surface area contributed by atoms with Crippen LogP contribution in [0.4, 0.5) is 0 Å². The number of methoxy groups -OCH3 is 1. The summed E-state index contributed by atoms with van der Waals surface area (Å²) in [6, 6.07) is 9.16. The molecule has 1 aromatic rings. The van der Waals surface area contributed by atoms with E-state index >= 15 is 0 Å². The summed E-state index contributed by atoms with van der Waals surface area (Å²) in [6.45, 7) is 5.43. The van der Waals surface area contributed by atoms with Crippen molar-refractivity contribution in [3.63, 3.8) is 0 Å². The Morgan fingerprint density at radius 3 is 2.39 bits per heavy atom. The van der Waals surface area contributed by atoms with Crippen LogP contribution in [-0.2, 0) is 11.2 Å². The van der Waals surface area contributed by atoms with Gasteiger partial charge < -0.3 is 10.1 Å². The lowest BCUT2D eigenvalue weighted by atomic mass is 9.99. The summed E-state index contributed by atoms with van der Waals surface area (Å²) in [7, 11) is 1.81. The summed E-state index contributed by atoms with van der Waals surface area (Å²) in [5.74, 6) is 0. The van der Waals surface area contributed by atoms with Crippen LogP contribution in [0.25, 0.3) is 0 Å². The Morgan fingerprint density at radius 1 is 1.22 bits per heavy atom. The predicted octanol–water partition coefficient (Wildman–Crippen LogP) is 3.63. The molecule has 2 nitrogen and oxygen atoms in total. The van der Waals surface area contributed by atoms with E-state index in [1.54, 1.807) is 0 Å². The van der Waals surface area contributed by atoms with E-state index in [0.717, 1.165) is 25.8 Å². The first kappa shape index (κ1) is 15.9. The normalized spacial score (nSPS) is 14.4. The average molecular weight is 361 g/mol. The topological polar surface area (TPSA) is 21.3 Å². The highest BCUT2D eigenvalue weighted by molar-refractivity contribution is 14.1. The lowest BCUT2D eigenvalue weighted by Crippen LogP contribution is -2.42. The summed E-state index contributed by atoms with van der Waals surface area (Å²) in [5, 5.41) is 3.61. The van der Waals surface area contributed by atoms with Crippen molar-refractivity contribution in [2.45, 2.75) is 45.3 Å². The second-order valence-corrected chi connectivity index (χ2v) is 5.82. The van der Waals surface area contributed by atoms with Crippen LogP contribution >= 0.6 is 22.6 Å². The Bertz CT molecular complexity index is 322. The maximum Gasteiger partial charge on any atom is 0.0724 e. The van der Waals surface area contributed by atoms with Gasteiger partial charge in [0.2, 0.25) is 0 Å². The quantitative estimate of drug-likeness (QED) is 0.714. The van der Waals surface area contributed by atoms with Gasteiger partial charge in [0.25, 0.3) is 0 Å². The number of hydrogen-bond donors (Lipinski definition) is 1. The third-order valence-electron chi connectivity index (χ3n) is 3.18. The number of benzene rings is 1. The molecule has 0 saturated carbocycles. The molecule has 0 spiro atoms. The average Bonchev–Trinajstić information content (AvgIpc) is 2.39. The summed E-state index contributed by atoms with van der Waals surface area (Å²) < 4.78 is 6.88. The van der Waals surface area contributed by atoms with Gasteiger partial charge in [-0.1, -0.05) is 26.0 Å². The molecular weight excluding hydrogens is 337 g/mol. The molecule has 0 heterocycles. The third-order valence-corrected chi connectivity index (χ3v) is 3.90. The fourth-order valence-electron chi connectivity index (χ4n) is 2.15. The molecule has 0 aliphatic carbocycles. The van der Waals surface area contributed by atoms with Gasteiger partial charge in [0.1, 0.15) is 0 Å². The van der Waals surface area contributed by atoms with Crippen LogP contribution in [0.15, 0.2) is 24.3 Å². The van der Waals surface area contributed by atoms with Gasteiger partial charge in [-0.05, 0) is 66.1 Å². The van der Waals surface area contributed by atoms with Gasteiger partial charge >= 0.3 is 0 Å². The lowest BCUT2D eigenvalue weighted by molar-refractivity contribution is 0.0653. The fourth-order valence-corrected chi connectivity index (χ4v) is 2.51. The van der Waals surface area contributed by atoms with E-state index in [0.29, 0.717) is 6.04 Å². The number of hydrogen-bond acceptors (Lipinski definition) is 2. The van der Waals surface area contributed by atoms with Gasteiger partial charge in [0.05, 0.1) is 6.10 Å². The largest absolute Gasteiger partial charge is 0.380 e. The first-order valence-corrected chi connectivity index (χ1v) is 7.79. The van der Waals surface area contributed by atoms with E-state index < -0.39 is 0 Å². The van der Waals surface area contributed by atoms with Crippen LogP contribution in [0, 0.1) is 3.57 Å². The molecule has 1 rings (SSSR count). The van der Waals surface area contributed by atoms with Gasteiger partial charge in [-0.15, -0.1) is 0 Å². The van der Waals surface area contributed by atoms with Crippen LogP contribution in [0.5, 0.6) is 0 Å². The van der Waals surface area contributed by atoms with E-state index in [-0.39, 0.29) is 6.10 Å². The first-order chi connectivity index (χ1) is 8.71. The summed E-state index contributed by atoms with van der Waals surface area (Å²) in [4.78, 5) is 0. The van der Waals surface area contributed by atoms with Crippen molar-refractivity contribution in [2.75, 3.05) is 13.7 Å². The molecule has 102 valence electrons. The zero-order valence-electron chi connectivity index (χ0n) is 11.6. The molecule has 0 saturated heterocycles. The van der Waals surface area contributed by atoms with Crippen molar-refractivity contribution in [1.82, 2.24) is 5.32 Å². The molecule has 3 heteroatoms. The molecule has 0 aliphatic heterocycles. The summed E-state index contributed by atoms with van der Waals surface area (Å²) in [5.41, 5.74) is 1.37. The van der Waals surface area contributed by atoms with Gasteiger partial charge in [-0.3, -0.25) is 0 Å². The van der Waals surface area contributed by atoms with Crippen molar-refractivity contribution >= 4 is 22.6 Å². The number of ether oxygens (including phenoxy) is 1. The Hall–Kier alpha value is -0.130. The zero-order chi connectivity index (χ0) is 13.4. The van der Waals surface area contributed by atoms with Gasteiger partial charge in [-0.25, -0.2) is 0 Å². The van der Waals surface area contributed by atoms with Crippen LogP contribution in [0.3, 0.4) is 0 Å². The standard InChI is InChI=1S/C15H24INO/c1-4-10-17-14(15(5-2)18-3)11-12-6-8-13(16)9-7-12/h6-9,14-15,17H,4-5,10-11H2,1-3H3. The van der Waals surface area contributed by atoms with Crippen LogP contribution in [0.2, 0.25) is 0 Å². The Morgan fingerprint density at radius 2 is 1.89 bits per heavy atom. The monoisotopic (exact) mass is 361 g/mol. The van der Waals surface area contributed by atoms with Crippen LogP contribution in [-0.4, -0.2) is 25.8 Å². The Balaban J connectivity index is 2.67. The molecule has 0 aromatic heterocycles. The molecule has 0 amide bonds. The van der Waals surface area contributed by atoms with Crippen molar-refractivity contribution < 1.29 is 4.74 Å². The molecule has 0 fully saturated rings. The minimum absolute atomic E-state index is 0.288. The van der Waals surface area contributed by atoms with Crippen molar-refractivity contribution in [2.24, 2.45) is 0 Å². The molecular formula is C15H24INO. The van der Waals surface area contributed by atoms with Crippen molar-refractivity contribution in [3.8, 4) is 0 Å². The second-order valence-electron chi connectivity index (χ2n) is 4.57. The molecule has 1 N–H and O–H groups in total. The number of rotatable bonds is 8. The number of halogens is 1. The van der Waals surface area contributed by atoms with Crippen molar-refractivity contribution in [3.05, 3.63) is 33.4 Å². The minimum atomic E-state index is 0.288. The maximum absolute atomic E-state index is 5.59. The van der Waals surface area contributed by atoms with Crippen molar-refractivity contribution in [1.29, 1.82) is 0 Å². The second kappa shape index (κ2) is 8.88. The van der Waals surface area contributed by atoms with E-state index in [4.69, 9.17) is 4.74 Å². The summed E-state index contributed by atoms with van der Waals surface area (Å²) >= 11 is 2.34. The SMILES string of the molecule is CCCNC(Cc1ccc(I)cc1)C(CC)OC. The Labute approximate surface area is 125 Å². The predicted molar refractivity (Wildman–Crippen MR) is 86.0 cm³/mol. The zero-order valence-corrected chi connectivity index (χ0v) is 13.7. The highest BCUT2D eigenvalue weighted by atomic mass is 127. The molecule has 2 unspecified atom stereocenters. The van der Waals surface area contributed by atoms with E-state index in [9.17, 15) is 0 Å². The van der Waals surface area contributed by atoms with Gasteiger partial charge in [0, 0.05) is 16.7 Å². The highest BCUT2D eigenvalue weighted by Crippen LogP contribution is 2.13. The van der Waals surface area contributed by atoms with Gasteiger partial charge in [0.15, 0.2) is 0 Å². The molecule has 1 aromatic carbocycles. The van der Waals surface area contributed by atoms with Crippen LogP contribution in [0.1, 0.15) is 32.3 Å². The molecule has 18 heavy (non-hydrogen) atoms. The lowest BCUT2D eigenvalue weighted by Gasteiger charge is -2.26. The fraction of sp³-hybridized carbons (Fsp3) is 0.600. The maximum atomic E-state index is 5.59. The van der Waals surface area contributed by atoms with E-state index in [2.05, 4.69) is 66.0 Å². The van der Waals surface area contributed by atoms with E-state index in [1.165, 1.54) is 9.13 Å².